The van der Waals surface area contributed by atoms with E-state index in [-0.39, 0.29) is 4.90 Å². The normalized spacial score (nSPS) is 17.2. The zero-order valence-electron chi connectivity index (χ0n) is 14.9. The number of piperazine rings is 1. The molecule has 0 unspecified atom stereocenters. The average molecular weight is 385 g/mol. The first kappa shape index (κ1) is 18.5. The van der Waals surface area contributed by atoms with Gasteiger partial charge in [-0.1, -0.05) is 12.1 Å². The zero-order chi connectivity index (χ0) is 18.0. The summed E-state index contributed by atoms with van der Waals surface area (Å²) in [4.78, 5) is 7.12. The number of sulfonamides is 1. The lowest BCUT2D eigenvalue weighted by Crippen LogP contribution is -2.48. The maximum atomic E-state index is 12.8. The molecule has 0 amide bonds. The molecule has 2 aromatic rings. The zero-order valence-corrected chi connectivity index (χ0v) is 16.5. The standard InChI is InChI=1S/C16H24N4O3S2/c1-4-5-15-17-14(11-24-15)10-19-6-8-20(9-7-19)25(21,22)16-12(2)18-23-13(16)3/h11H,4-10H2,1-3H3. The SMILES string of the molecule is CCCc1nc(CN2CCN(S(=O)(=O)c3c(C)noc3C)CC2)cs1. The number of rotatable bonds is 6. The topological polar surface area (TPSA) is 79.5 Å². The number of aromatic nitrogens is 2. The predicted molar refractivity (Wildman–Crippen MR) is 96.1 cm³/mol. The smallest absolute Gasteiger partial charge is 0.248 e. The third-order valence-electron chi connectivity index (χ3n) is 4.35. The Bertz CT molecular complexity index is 801. The minimum absolute atomic E-state index is 0.213. The number of hydrogen-bond donors (Lipinski definition) is 0. The Morgan fingerprint density at radius 1 is 1.24 bits per heavy atom. The second-order valence-electron chi connectivity index (χ2n) is 6.32. The Morgan fingerprint density at radius 3 is 2.56 bits per heavy atom. The average Bonchev–Trinajstić information content (AvgIpc) is 3.15. The summed E-state index contributed by atoms with van der Waals surface area (Å²) in [7, 11) is -3.54. The van der Waals surface area contributed by atoms with Crippen molar-refractivity contribution >= 4 is 21.4 Å². The molecule has 0 N–H and O–H groups in total. The van der Waals surface area contributed by atoms with Gasteiger partial charge in [-0.25, -0.2) is 13.4 Å². The molecule has 1 saturated heterocycles. The molecule has 7 nitrogen and oxygen atoms in total. The van der Waals surface area contributed by atoms with Crippen LogP contribution in [0, 0.1) is 13.8 Å². The van der Waals surface area contributed by atoms with E-state index in [1.54, 1.807) is 25.2 Å². The van der Waals surface area contributed by atoms with Crippen LogP contribution in [0.1, 0.15) is 35.5 Å². The quantitative estimate of drug-likeness (QED) is 0.760. The molecule has 0 aliphatic carbocycles. The molecule has 3 heterocycles. The molecule has 9 heteroatoms. The van der Waals surface area contributed by atoms with Gasteiger partial charge in [-0.2, -0.15) is 4.31 Å². The van der Waals surface area contributed by atoms with Gasteiger partial charge in [0.15, 0.2) is 5.76 Å². The van der Waals surface area contributed by atoms with Crippen LogP contribution in [0.5, 0.6) is 0 Å². The summed E-state index contributed by atoms with van der Waals surface area (Å²) < 4.78 is 32.2. The molecule has 0 spiro atoms. The van der Waals surface area contributed by atoms with Gasteiger partial charge < -0.3 is 4.52 Å². The summed E-state index contributed by atoms with van der Waals surface area (Å²) in [6.45, 7) is 8.57. The van der Waals surface area contributed by atoms with Crippen molar-refractivity contribution in [1.29, 1.82) is 0 Å². The van der Waals surface area contributed by atoms with Crippen molar-refractivity contribution in [3.05, 3.63) is 27.5 Å². The molecule has 1 aliphatic heterocycles. The van der Waals surface area contributed by atoms with Gasteiger partial charge in [0.05, 0.1) is 10.7 Å². The Hall–Kier alpha value is -1.29. The summed E-state index contributed by atoms with van der Waals surface area (Å²) in [5.41, 5.74) is 1.50. The molecule has 0 atom stereocenters. The van der Waals surface area contributed by atoms with Crippen molar-refractivity contribution in [1.82, 2.24) is 19.3 Å². The van der Waals surface area contributed by atoms with Gasteiger partial charge in [-0.3, -0.25) is 4.90 Å². The van der Waals surface area contributed by atoms with E-state index in [1.165, 1.54) is 9.31 Å². The molecule has 25 heavy (non-hydrogen) atoms. The van der Waals surface area contributed by atoms with Crippen molar-refractivity contribution in [2.75, 3.05) is 26.2 Å². The Kier molecular flexibility index (Phi) is 5.57. The fourth-order valence-electron chi connectivity index (χ4n) is 3.08. The summed E-state index contributed by atoms with van der Waals surface area (Å²) in [5, 5.41) is 7.05. The summed E-state index contributed by atoms with van der Waals surface area (Å²) in [6.07, 6.45) is 2.12. The van der Waals surface area contributed by atoms with Gasteiger partial charge in [-0.05, 0) is 26.7 Å². The van der Waals surface area contributed by atoms with Crippen LogP contribution in [0.3, 0.4) is 0 Å². The van der Waals surface area contributed by atoms with Gasteiger partial charge >= 0.3 is 0 Å². The fraction of sp³-hybridized carbons (Fsp3) is 0.625. The van der Waals surface area contributed by atoms with E-state index in [1.807, 2.05) is 0 Å². The molecule has 2 aromatic heterocycles. The van der Waals surface area contributed by atoms with E-state index in [0.717, 1.165) is 25.1 Å². The van der Waals surface area contributed by atoms with Crippen LogP contribution in [0.2, 0.25) is 0 Å². The van der Waals surface area contributed by atoms with Crippen molar-refractivity contribution in [2.24, 2.45) is 0 Å². The highest BCUT2D eigenvalue weighted by Crippen LogP contribution is 2.24. The third-order valence-corrected chi connectivity index (χ3v) is 7.45. The van der Waals surface area contributed by atoms with Crippen LogP contribution in [-0.4, -0.2) is 53.9 Å². The Labute approximate surface area is 152 Å². The van der Waals surface area contributed by atoms with Crippen molar-refractivity contribution in [2.45, 2.75) is 45.1 Å². The lowest BCUT2D eigenvalue weighted by atomic mass is 10.3. The first-order chi connectivity index (χ1) is 11.9. The monoisotopic (exact) mass is 384 g/mol. The second kappa shape index (κ2) is 7.53. The molecule has 0 bridgehead atoms. The molecular formula is C16H24N4O3S2. The molecule has 0 aromatic carbocycles. The van der Waals surface area contributed by atoms with Crippen LogP contribution in [-0.2, 0) is 23.0 Å². The van der Waals surface area contributed by atoms with E-state index < -0.39 is 10.0 Å². The molecule has 1 fully saturated rings. The van der Waals surface area contributed by atoms with Gasteiger partial charge in [0.2, 0.25) is 10.0 Å². The molecule has 138 valence electrons. The van der Waals surface area contributed by atoms with Crippen LogP contribution >= 0.6 is 11.3 Å². The third kappa shape index (κ3) is 3.94. The number of nitrogens with zero attached hydrogens (tertiary/aromatic N) is 4. The molecule has 0 saturated carbocycles. The van der Waals surface area contributed by atoms with Crippen molar-refractivity contribution in [3.8, 4) is 0 Å². The molecule has 1 aliphatic rings. The fourth-order valence-corrected chi connectivity index (χ4v) is 5.68. The second-order valence-corrected chi connectivity index (χ2v) is 9.13. The van der Waals surface area contributed by atoms with Crippen molar-refractivity contribution in [3.63, 3.8) is 0 Å². The first-order valence-electron chi connectivity index (χ1n) is 8.50. The highest BCUT2D eigenvalue weighted by atomic mass is 32.2. The van der Waals surface area contributed by atoms with Crippen LogP contribution in [0.15, 0.2) is 14.8 Å². The van der Waals surface area contributed by atoms with Crippen LogP contribution in [0.4, 0.5) is 0 Å². The predicted octanol–water partition coefficient (Wildman–Crippen LogP) is 2.21. The molecular weight excluding hydrogens is 360 g/mol. The molecule has 0 radical (unpaired) electrons. The highest BCUT2D eigenvalue weighted by Gasteiger charge is 2.33. The number of aryl methyl sites for hydroxylation is 3. The number of thiazole rings is 1. The highest BCUT2D eigenvalue weighted by molar-refractivity contribution is 7.89. The van der Waals surface area contributed by atoms with Crippen LogP contribution in [0.25, 0.3) is 0 Å². The Balaban J connectivity index is 1.61. The first-order valence-corrected chi connectivity index (χ1v) is 10.8. The van der Waals surface area contributed by atoms with E-state index in [2.05, 4.69) is 27.3 Å². The number of hydrogen-bond acceptors (Lipinski definition) is 7. The van der Waals surface area contributed by atoms with E-state index >= 15 is 0 Å². The molecule has 3 rings (SSSR count). The van der Waals surface area contributed by atoms with Gasteiger partial charge in [0, 0.05) is 38.1 Å². The summed E-state index contributed by atoms with van der Waals surface area (Å²) >= 11 is 1.71. The Morgan fingerprint density at radius 2 is 1.96 bits per heavy atom. The van der Waals surface area contributed by atoms with Crippen molar-refractivity contribution < 1.29 is 12.9 Å². The largest absolute Gasteiger partial charge is 0.360 e. The lowest BCUT2D eigenvalue weighted by Gasteiger charge is -2.33. The van der Waals surface area contributed by atoms with Gasteiger partial charge in [0.25, 0.3) is 0 Å². The summed E-state index contributed by atoms with van der Waals surface area (Å²) in [6, 6.07) is 0. The minimum Gasteiger partial charge on any atom is -0.360 e. The van der Waals surface area contributed by atoms with E-state index in [4.69, 9.17) is 4.52 Å². The maximum absolute atomic E-state index is 12.8. The van der Waals surface area contributed by atoms with E-state index in [0.29, 0.717) is 37.6 Å². The van der Waals surface area contributed by atoms with Crippen LogP contribution < -0.4 is 0 Å². The van der Waals surface area contributed by atoms with Gasteiger partial charge in [0.1, 0.15) is 10.6 Å². The van der Waals surface area contributed by atoms with E-state index in [9.17, 15) is 8.42 Å². The summed E-state index contributed by atoms with van der Waals surface area (Å²) in [5.74, 6) is 0.353. The maximum Gasteiger partial charge on any atom is 0.248 e. The lowest BCUT2D eigenvalue weighted by molar-refractivity contribution is 0.180. The van der Waals surface area contributed by atoms with Gasteiger partial charge in [-0.15, -0.1) is 11.3 Å². The minimum atomic E-state index is -3.54.